The first-order valence-corrected chi connectivity index (χ1v) is 7.32. The van der Waals surface area contributed by atoms with E-state index in [0.717, 1.165) is 25.1 Å². The summed E-state index contributed by atoms with van der Waals surface area (Å²) in [6.45, 7) is 6.64. The van der Waals surface area contributed by atoms with Crippen molar-refractivity contribution in [3.63, 3.8) is 0 Å². The van der Waals surface area contributed by atoms with E-state index in [2.05, 4.69) is 31.1 Å². The number of phenolic OH excluding ortho intramolecular Hbond substituents is 1. The summed E-state index contributed by atoms with van der Waals surface area (Å²) < 4.78 is 5.12. The smallest absolute Gasteiger partial charge is 0.124 e. The number of piperidine rings is 1. The highest BCUT2D eigenvalue weighted by Gasteiger charge is 2.26. The van der Waals surface area contributed by atoms with E-state index in [-0.39, 0.29) is 6.04 Å². The van der Waals surface area contributed by atoms with Crippen molar-refractivity contribution in [1.82, 2.24) is 10.2 Å². The highest BCUT2D eigenvalue weighted by molar-refractivity contribution is 5.41. The van der Waals surface area contributed by atoms with E-state index in [9.17, 15) is 5.11 Å². The Kier molecular flexibility index (Phi) is 4.89. The first-order valence-electron chi connectivity index (χ1n) is 7.32. The van der Waals surface area contributed by atoms with Crippen molar-refractivity contribution in [3.8, 4) is 11.5 Å². The van der Waals surface area contributed by atoms with Gasteiger partial charge in [0, 0.05) is 30.3 Å². The van der Waals surface area contributed by atoms with Crippen molar-refractivity contribution in [3.05, 3.63) is 23.8 Å². The summed E-state index contributed by atoms with van der Waals surface area (Å²) in [6.07, 6.45) is 1.15. The largest absolute Gasteiger partial charge is 0.507 e. The van der Waals surface area contributed by atoms with Crippen LogP contribution < -0.4 is 10.1 Å². The average Bonchev–Trinajstić information content (AvgIpc) is 2.41. The molecule has 2 rings (SSSR count). The maximum Gasteiger partial charge on any atom is 0.124 e. The standard InChI is InChI=1S/C16H26N2O2/c1-11-10-18(3)8-7-15(11)17-12(2)14-6-5-13(20-4)9-16(14)19/h5-6,9,11-12,15,17,19H,7-8,10H2,1-4H3. The summed E-state index contributed by atoms with van der Waals surface area (Å²) >= 11 is 0. The molecule has 1 aliphatic heterocycles. The van der Waals surface area contributed by atoms with Gasteiger partial charge in [-0.05, 0) is 38.9 Å². The normalized spacial score (nSPS) is 25.4. The molecule has 0 saturated carbocycles. The zero-order valence-electron chi connectivity index (χ0n) is 12.9. The molecule has 20 heavy (non-hydrogen) atoms. The third-order valence-corrected chi connectivity index (χ3v) is 4.28. The topological polar surface area (TPSA) is 44.7 Å². The molecule has 1 aromatic rings. The third-order valence-electron chi connectivity index (χ3n) is 4.28. The molecule has 3 unspecified atom stereocenters. The Hall–Kier alpha value is -1.26. The lowest BCUT2D eigenvalue weighted by molar-refractivity contribution is 0.167. The van der Waals surface area contributed by atoms with Crippen molar-refractivity contribution >= 4 is 0 Å². The van der Waals surface area contributed by atoms with Crippen LogP contribution in [0.25, 0.3) is 0 Å². The summed E-state index contributed by atoms with van der Waals surface area (Å²) in [6, 6.07) is 6.14. The van der Waals surface area contributed by atoms with Gasteiger partial charge >= 0.3 is 0 Å². The van der Waals surface area contributed by atoms with Crippen molar-refractivity contribution in [2.45, 2.75) is 32.4 Å². The second kappa shape index (κ2) is 6.46. The SMILES string of the molecule is COc1ccc(C(C)NC2CCN(C)CC2C)c(O)c1. The Morgan fingerprint density at radius 1 is 1.45 bits per heavy atom. The zero-order valence-corrected chi connectivity index (χ0v) is 12.9. The summed E-state index contributed by atoms with van der Waals surface area (Å²) in [5.74, 6) is 1.60. The van der Waals surface area contributed by atoms with E-state index < -0.39 is 0 Å². The van der Waals surface area contributed by atoms with Crippen LogP contribution in [0, 0.1) is 5.92 Å². The van der Waals surface area contributed by atoms with Gasteiger partial charge < -0.3 is 20.1 Å². The molecule has 3 atom stereocenters. The molecule has 0 spiro atoms. The second-order valence-corrected chi connectivity index (χ2v) is 5.95. The minimum Gasteiger partial charge on any atom is -0.507 e. The molecule has 1 aliphatic rings. The van der Waals surface area contributed by atoms with E-state index in [4.69, 9.17) is 4.74 Å². The number of rotatable bonds is 4. The van der Waals surface area contributed by atoms with Gasteiger partial charge in [0.05, 0.1) is 7.11 Å². The number of benzene rings is 1. The number of nitrogens with one attached hydrogen (secondary N) is 1. The molecule has 2 N–H and O–H groups in total. The van der Waals surface area contributed by atoms with Gasteiger partial charge in [0.25, 0.3) is 0 Å². The first kappa shape index (κ1) is 15.1. The van der Waals surface area contributed by atoms with Crippen molar-refractivity contribution in [2.24, 2.45) is 5.92 Å². The molecule has 0 radical (unpaired) electrons. The fourth-order valence-corrected chi connectivity index (χ4v) is 3.03. The molecule has 0 aliphatic carbocycles. The Morgan fingerprint density at radius 2 is 2.20 bits per heavy atom. The third kappa shape index (κ3) is 3.44. The van der Waals surface area contributed by atoms with Crippen molar-refractivity contribution in [1.29, 1.82) is 0 Å². The average molecular weight is 278 g/mol. The van der Waals surface area contributed by atoms with Crippen LogP contribution >= 0.6 is 0 Å². The lowest BCUT2D eigenvalue weighted by Gasteiger charge is -2.37. The quantitative estimate of drug-likeness (QED) is 0.887. The molecule has 4 nitrogen and oxygen atoms in total. The highest BCUT2D eigenvalue weighted by Crippen LogP contribution is 2.29. The van der Waals surface area contributed by atoms with Crippen LogP contribution in [0.3, 0.4) is 0 Å². The predicted molar refractivity (Wildman–Crippen MR) is 81.3 cm³/mol. The van der Waals surface area contributed by atoms with Gasteiger partial charge in [-0.1, -0.05) is 13.0 Å². The maximum absolute atomic E-state index is 10.1. The molecule has 1 fully saturated rings. The van der Waals surface area contributed by atoms with E-state index in [1.807, 2.05) is 12.1 Å². The van der Waals surface area contributed by atoms with E-state index in [1.165, 1.54) is 0 Å². The lowest BCUT2D eigenvalue weighted by Crippen LogP contribution is -2.47. The van der Waals surface area contributed by atoms with Crippen LogP contribution in [-0.4, -0.2) is 43.3 Å². The number of aromatic hydroxyl groups is 1. The van der Waals surface area contributed by atoms with E-state index in [1.54, 1.807) is 13.2 Å². The van der Waals surface area contributed by atoms with Crippen LogP contribution in [0.15, 0.2) is 18.2 Å². The van der Waals surface area contributed by atoms with Gasteiger partial charge in [0.1, 0.15) is 11.5 Å². The fourth-order valence-electron chi connectivity index (χ4n) is 3.03. The summed E-state index contributed by atoms with van der Waals surface area (Å²) in [4.78, 5) is 2.37. The number of hydrogen-bond acceptors (Lipinski definition) is 4. The molecule has 0 bridgehead atoms. The number of methoxy groups -OCH3 is 1. The predicted octanol–water partition coefficient (Wildman–Crippen LogP) is 2.39. The zero-order chi connectivity index (χ0) is 14.7. The van der Waals surface area contributed by atoms with Crippen molar-refractivity contribution in [2.75, 3.05) is 27.2 Å². The summed E-state index contributed by atoms with van der Waals surface area (Å²) in [5, 5.41) is 13.8. The molecule has 0 aromatic heterocycles. The minimum absolute atomic E-state index is 0.136. The molecular weight excluding hydrogens is 252 g/mol. The molecular formula is C16H26N2O2. The van der Waals surface area contributed by atoms with E-state index >= 15 is 0 Å². The Morgan fingerprint density at radius 3 is 2.80 bits per heavy atom. The second-order valence-electron chi connectivity index (χ2n) is 5.95. The number of likely N-dealkylation sites (tertiary alicyclic amines) is 1. The van der Waals surface area contributed by atoms with Gasteiger partial charge in [-0.25, -0.2) is 0 Å². The lowest BCUT2D eigenvalue weighted by atomic mass is 9.92. The van der Waals surface area contributed by atoms with Crippen LogP contribution in [0.4, 0.5) is 0 Å². The Balaban J connectivity index is 2.02. The van der Waals surface area contributed by atoms with Crippen LogP contribution in [0.5, 0.6) is 11.5 Å². The monoisotopic (exact) mass is 278 g/mol. The summed E-state index contributed by atoms with van der Waals surface area (Å²) in [7, 11) is 3.78. The molecule has 4 heteroatoms. The van der Waals surface area contributed by atoms with Gasteiger partial charge in [-0.3, -0.25) is 0 Å². The van der Waals surface area contributed by atoms with Crippen LogP contribution in [0.1, 0.15) is 31.9 Å². The number of hydrogen-bond donors (Lipinski definition) is 2. The van der Waals surface area contributed by atoms with Gasteiger partial charge in [-0.2, -0.15) is 0 Å². The number of ether oxygens (including phenoxy) is 1. The molecule has 112 valence electrons. The summed E-state index contributed by atoms with van der Waals surface area (Å²) in [5.41, 5.74) is 0.928. The molecule has 1 heterocycles. The van der Waals surface area contributed by atoms with Crippen LogP contribution in [-0.2, 0) is 0 Å². The molecule has 1 aromatic carbocycles. The Labute approximate surface area is 121 Å². The minimum atomic E-state index is 0.136. The van der Waals surface area contributed by atoms with Crippen molar-refractivity contribution < 1.29 is 9.84 Å². The number of nitrogens with zero attached hydrogens (tertiary/aromatic N) is 1. The number of phenols is 1. The van der Waals surface area contributed by atoms with Gasteiger partial charge in [0.2, 0.25) is 0 Å². The fraction of sp³-hybridized carbons (Fsp3) is 0.625. The van der Waals surface area contributed by atoms with Crippen LogP contribution in [0.2, 0.25) is 0 Å². The van der Waals surface area contributed by atoms with Gasteiger partial charge in [-0.15, -0.1) is 0 Å². The first-order chi connectivity index (χ1) is 9.51. The Bertz CT molecular complexity index is 450. The molecule has 1 saturated heterocycles. The molecule has 0 amide bonds. The van der Waals surface area contributed by atoms with Gasteiger partial charge in [0.15, 0.2) is 0 Å². The van der Waals surface area contributed by atoms with E-state index in [0.29, 0.717) is 23.5 Å². The highest BCUT2D eigenvalue weighted by atomic mass is 16.5. The maximum atomic E-state index is 10.1.